The monoisotopic (exact) mass is 424 g/mol. The first-order chi connectivity index (χ1) is 14.1. The number of hydrogen-bond acceptors (Lipinski definition) is 4. The van der Waals surface area contributed by atoms with E-state index < -0.39 is 0 Å². The standard InChI is InChI=1S/C23H18Cl2N2O2/c1-28-18-4-2-3-15(11-18)23-27-21(19-12-17(25)9-10-22(19)29-23)13-20(26-27)14-5-7-16(24)8-6-14/h2-12,21,23H,13H2,1H3/t21-,23-/m0/s1. The highest BCUT2D eigenvalue weighted by atomic mass is 35.5. The van der Waals surface area contributed by atoms with Crippen molar-refractivity contribution in [2.24, 2.45) is 5.10 Å². The Kier molecular flexibility index (Phi) is 4.61. The van der Waals surface area contributed by atoms with Crippen LogP contribution in [0.2, 0.25) is 10.0 Å². The molecule has 4 nitrogen and oxygen atoms in total. The molecule has 0 radical (unpaired) electrons. The van der Waals surface area contributed by atoms with E-state index in [9.17, 15) is 0 Å². The Labute approximate surface area is 179 Å². The van der Waals surface area contributed by atoms with Crippen LogP contribution in [0.25, 0.3) is 0 Å². The van der Waals surface area contributed by atoms with Crippen LogP contribution in [0, 0.1) is 0 Å². The number of hydrogen-bond donors (Lipinski definition) is 0. The summed E-state index contributed by atoms with van der Waals surface area (Å²) in [6.45, 7) is 0. The Balaban J connectivity index is 1.60. The lowest BCUT2D eigenvalue weighted by molar-refractivity contribution is -0.0191. The summed E-state index contributed by atoms with van der Waals surface area (Å²) in [5.41, 5.74) is 4.08. The van der Waals surface area contributed by atoms with Crippen molar-refractivity contribution in [1.82, 2.24) is 5.01 Å². The molecule has 0 aromatic heterocycles. The summed E-state index contributed by atoms with van der Waals surface area (Å²) in [7, 11) is 1.66. The van der Waals surface area contributed by atoms with Crippen molar-refractivity contribution in [3.63, 3.8) is 0 Å². The van der Waals surface area contributed by atoms with Gasteiger partial charge in [-0.3, -0.25) is 0 Å². The number of ether oxygens (including phenoxy) is 2. The number of rotatable bonds is 3. The lowest BCUT2D eigenvalue weighted by Gasteiger charge is -2.38. The number of halogens is 2. The summed E-state index contributed by atoms with van der Waals surface area (Å²) >= 11 is 12.3. The third-order valence-electron chi connectivity index (χ3n) is 5.31. The summed E-state index contributed by atoms with van der Waals surface area (Å²) in [4.78, 5) is 0. The molecule has 3 aromatic carbocycles. The largest absolute Gasteiger partial charge is 0.497 e. The minimum absolute atomic E-state index is 0.0410. The molecular formula is C23H18Cl2N2O2. The van der Waals surface area contributed by atoms with Crippen LogP contribution in [-0.4, -0.2) is 17.8 Å². The van der Waals surface area contributed by atoms with E-state index >= 15 is 0 Å². The average Bonchev–Trinajstić information content (AvgIpc) is 3.19. The third-order valence-corrected chi connectivity index (χ3v) is 5.80. The molecule has 0 bridgehead atoms. The molecule has 2 heterocycles. The molecule has 5 rings (SSSR count). The fourth-order valence-corrected chi connectivity index (χ4v) is 4.20. The predicted molar refractivity (Wildman–Crippen MR) is 115 cm³/mol. The zero-order chi connectivity index (χ0) is 20.0. The highest BCUT2D eigenvalue weighted by Crippen LogP contribution is 2.48. The van der Waals surface area contributed by atoms with Gasteiger partial charge in [0.15, 0.2) is 0 Å². The van der Waals surface area contributed by atoms with Crippen LogP contribution in [0.4, 0.5) is 0 Å². The summed E-state index contributed by atoms with van der Waals surface area (Å²) in [5.74, 6) is 1.61. The highest BCUT2D eigenvalue weighted by Gasteiger charge is 2.41. The van der Waals surface area contributed by atoms with Crippen LogP contribution in [0.1, 0.15) is 35.4 Å². The van der Waals surface area contributed by atoms with Crippen LogP contribution in [-0.2, 0) is 0 Å². The van der Waals surface area contributed by atoms with Crippen molar-refractivity contribution < 1.29 is 9.47 Å². The lowest BCUT2D eigenvalue weighted by Crippen LogP contribution is -2.33. The van der Waals surface area contributed by atoms with E-state index in [2.05, 4.69) is 0 Å². The number of methoxy groups -OCH3 is 1. The third kappa shape index (κ3) is 3.33. The Morgan fingerprint density at radius 3 is 2.59 bits per heavy atom. The molecule has 0 spiro atoms. The minimum atomic E-state index is -0.353. The molecule has 0 N–H and O–H groups in total. The first kappa shape index (κ1) is 18.3. The van der Waals surface area contributed by atoms with Crippen molar-refractivity contribution in [3.8, 4) is 11.5 Å². The first-order valence-corrected chi connectivity index (χ1v) is 10.1. The van der Waals surface area contributed by atoms with Crippen molar-refractivity contribution in [2.45, 2.75) is 18.7 Å². The molecule has 0 saturated heterocycles. The van der Waals surface area contributed by atoms with Gasteiger partial charge < -0.3 is 9.47 Å². The quantitative estimate of drug-likeness (QED) is 0.498. The molecular weight excluding hydrogens is 407 g/mol. The van der Waals surface area contributed by atoms with Crippen molar-refractivity contribution >= 4 is 28.9 Å². The van der Waals surface area contributed by atoms with Gasteiger partial charge in [0.25, 0.3) is 0 Å². The van der Waals surface area contributed by atoms with E-state index in [0.29, 0.717) is 10.0 Å². The van der Waals surface area contributed by atoms with Crippen LogP contribution in [0.3, 0.4) is 0 Å². The van der Waals surface area contributed by atoms with E-state index in [-0.39, 0.29) is 12.3 Å². The van der Waals surface area contributed by atoms with Crippen LogP contribution >= 0.6 is 23.2 Å². The molecule has 6 heteroatoms. The van der Waals surface area contributed by atoms with Crippen molar-refractivity contribution in [1.29, 1.82) is 0 Å². The maximum atomic E-state index is 6.37. The van der Waals surface area contributed by atoms with Gasteiger partial charge >= 0.3 is 0 Å². The molecule has 0 fully saturated rings. The molecule has 146 valence electrons. The maximum absolute atomic E-state index is 6.37. The SMILES string of the molecule is COc1cccc([C@@H]2Oc3ccc(Cl)cc3[C@@H]3CC(c4ccc(Cl)cc4)=NN32)c1. The molecule has 29 heavy (non-hydrogen) atoms. The summed E-state index contributed by atoms with van der Waals surface area (Å²) in [6, 6.07) is 21.5. The van der Waals surface area contributed by atoms with Crippen LogP contribution in [0.15, 0.2) is 71.8 Å². The Morgan fingerprint density at radius 2 is 1.79 bits per heavy atom. The normalized spacial score (nSPS) is 19.8. The topological polar surface area (TPSA) is 34.1 Å². The number of benzene rings is 3. The van der Waals surface area contributed by atoms with Gasteiger partial charge in [-0.15, -0.1) is 0 Å². The smallest absolute Gasteiger partial charge is 0.214 e. The highest BCUT2D eigenvalue weighted by molar-refractivity contribution is 6.31. The van der Waals surface area contributed by atoms with E-state index in [0.717, 1.165) is 40.3 Å². The zero-order valence-corrected chi connectivity index (χ0v) is 17.2. The average molecular weight is 425 g/mol. The number of nitrogens with zero attached hydrogens (tertiary/aromatic N) is 2. The second kappa shape index (κ2) is 7.29. The minimum Gasteiger partial charge on any atom is -0.497 e. The maximum Gasteiger partial charge on any atom is 0.214 e. The molecule has 2 atom stereocenters. The molecule has 3 aromatic rings. The van der Waals surface area contributed by atoms with Gasteiger partial charge in [-0.05, 0) is 48.0 Å². The zero-order valence-electron chi connectivity index (χ0n) is 15.7. The summed E-state index contributed by atoms with van der Waals surface area (Å²) in [6.07, 6.45) is 0.410. The molecule has 2 aliphatic rings. The van der Waals surface area contributed by atoms with E-state index in [1.54, 1.807) is 7.11 Å². The fraction of sp³-hybridized carbons (Fsp3) is 0.174. The second-order valence-electron chi connectivity index (χ2n) is 7.08. The molecule has 0 saturated carbocycles. The van der Waals surface area contributed by atoms with Crippen molar-refractivity contribution in [3.05, 3.63) is 93.5 Å². The van der Waals surface area contributed by atoms with Gasteiger partial charge in [-0.25, -0.2) is 5.01 Å². The Hall–Kier alpha value is -2.69. The predicted octanol–water partition coefficient (Wildman–Crippen LogP) is 6.24. The second-order valence-corrected chi connectivity index (χ2v) is 7.96. The van der Waals surface area contributed by atoms with Crippen LogP contribution < -0.4 is 9.47 Å². The fourth-order valence-electron chi connectivity index (χ4n) is 3.89. The van der Waals surface area contributed by atoms with E-state index in [1.807, 2.05) is 71.7 Å². The lowest BCUT2D eigenvalue weighted by atomic mass is 9.96. The van der Waals surface area contributed by atoms with Gasteiger partial charge in [0, 0.05) is 27.6 Å². The van der Waals surface area contributed by atoms with Gasteiger partial charge in [0.05, 0.1) is 18.9 Å². The summed E-state index contributed by atoms with van der Waals surface area (Å²) < 4.78 is 11.8. The Morgan fingerprint density at radius 1 is 1.00 bits per heavy atom. The number of fused-ring (bicyclic) bond motifs is 3. The molecule has 0 amide bonds. The van der Waals surface area contributed by atoms with Crippen molar-refractivity contribution in [2.75, 3.05) is 7.11 Å². The van der Waals surface area contributed by atoms with Gasteiger partial charge in [-0.1, -0.05) is 47.5 Å². The van der Waals surface area contributed by atoms with E-state index in [1.165, 1.54) is 0 Å². The summed E-state index contributed by atoms with van der Waals surface area (Å²) in [5, 5.41) is 8.37. The molecule has 0 aliphatic carbocycles. The van der Waals surface area contributed by atoms with E-state index in [4.69, 9.17) is 37.8 Å². The molecule has 2 aliphatic heterocycles. The van der Waals surface area contributed by atoms with Gasteiger partial charge in [0.1, 0.15) is 11.5 Å². The Bertz CT molecular complexity index is 1100. The number of hydrazone groups is 1. The molecule has 0 unspecified atom stereocenters. The van der Waals surface area contributed by atoms with Crippen LogP contribution in [0.5, 0.6) is 11.5 Å². The van der Waals surface area contributed by atoms with Gasteiger partial charge in [0.2, 0.25) is 6.23 Å². The van der Waals surface area contributed by atoms with Gasteiger partial charge in [-0.2, -0.15) is 5.10 Å². The first-order valence-electron chi connectivity index (χ1n) is 9.34.